The Labute approximate surface area is 99.0 Å². The Morgan fingerprint density at radius 3 is 2.06 bits per heavy atom. The third kappa shape index (κ3) is 1.27. The zero-order valence-electron chi connectivity index (χ0n) is 8.78. The van der Waals surface area contributed by atoms with Gasteiger partial charge in [0.25, 0.3) is 11.8 Å². The van der Waals surface area contributed by atoms with E-state index in [0.29, 0.717) is 0 Å². The van der Waals surface area contributed by atoms with E-state index in [1.165, 1.54) is 12.4 Å². The Bertz CT molecular complexity index is 626. The zero-order chi connectivity index (χ0) is 12.9. The molecule has 0 bridgehead atoms. The number of hydrogen-bond donors (Lipinski definition) is 1. The minimum Gasteiger partial charge on any atom is -0.284 e. The van der Waals surface area contributed by atoms with Crippen LogP contribution in [-0.4, -0.2) is 22.0 Å². The minimum absolute atomic E-state index is 0.153. The van der Waals surface area contributed by atoms with Gasteiger partial charge >= 0.3 is 0 Å². The van der Waals surface area contributed by atoms with E-state index in [2.05, 4.69) is 10.2 Å². The van der Waals surface area contributed by atoms with E-state index in [-0.39, 0.29) is 16.8 Å². The second-order valence-corrected chi connectivity index (χ2v) is 3.71. The van der Waals surface area contributed by atoms with Crippen LogP contribution in [0.1, 0.15) is 20.7 Å². The molecule has 0 radical (unpaired) electrons. The summed E-state index contributed by atoms with van der Waals surface area (Å²) < 4.78 is 26.1. The number of anilines is 1. The van der Waals surface area contributed by atoms with E-state index in [0.717, 1.165) is 17.0 Å². The molecule has 0 aliphatic carbocycles. The first-order valence-electron chi connectivity index (χ1n) is 4.96. The van der Waals surface area contributed by atoms with E-state index in [1.807, 2.05) is 0 Å². The number of aromatic amines is 1. The van der Waals surface area contributed by atoms with E-state index < -0.39 is 23.4 Å². The van der Waals surface area contributed by atoms with E-state index in [9.17, 15) is 18.4 Å². The summed E-state index contributed by atoms with van der Waals surface area (Å²) in [6.45, 7) is 0. The summed E-state index contributed by atoms with van der Waals surface area (Å²) in [6, 6.07) is 1.45. The van der Waals surface area contributed by atoms with Gasteiger partial charge in [-0.05, 0) is 12.1 Å². The number of aromatic nitrogens is 2. The molecule has 18 heavy (non-hydrogen) atoms. The number of imide groups is 1. The number of rotatable bonds is 1. The summed E-state index contributed by atoms with van der Waals surface area (Å²) in [5, 5.41) is 6.07. The molecule has 1 aliphatic rings. The highest BCUT2D eigenvalue weighted by Crippen LogP contribution is 2.29. The van der Waals surface area contributed by atoms with E-state index in [1.54, 1.807) is 0 Å². The second-order valence-electron chi connectivity index (χ2n) is 3.71. The molecule has 1 N–H and O–H groups in total. The molecule has 2 heterocycles. The van der Waals surface area contributed by atoms with Crippen LogP contribution in [0, 0.1) is 11.6 Å². The van der Waals surface area contributed by atoms with Crippen molar-refractivity contribution >= 4 is 17.5 Å². The second kappa shape index (κ2) is 3.46. The van der Waals surface area contributed by atoms with Crippen molar-refractivity contribution in [1.82, 2.24) is 10.2 Å². The molecule has 0 spiro atoms. The number of carbonyl (C=O) groups excluding carboxylic acids is 2. The molecule has 1 aromatic heterocycles. The van der Waals surface area contributed by atoms with Crippen molar-refractivity contribution in [3.8, 4) is 0 Å². The van der Waals surface area contributed by atoms with Crippen molar-refractivity contribution in [3.05, 3.63) is 47.3 Å². The van der Waals surface area contributed by atoms with Crippen molar-refractivity contribution in [2.75, 3.05) is 4.90 Å². The lowest BCUT2D eigenvalue weighted by Gasteiger charge is -2.09. The number of fused-ring (bicyclic) bond motifs is 1. The lowest BCUT2D eigenvalue weighted by molar-refractivity contribution is 0.0926. The summed E-state index contributed by atoms with van der Waals surface area (Å²) in [4.78, 5) is 24.7. The van der Waals surface area contributed by atoms with Gasteiger partial charge in [-0.2, -0.15) is 5.10 Å². The Balaban J connectivity index is 2.17. The molecule has 2 aromatic rings. The van der Waals surface area contributed by atoms with Gasteiger partial charge in [-0.15, -0.1) is 0 Å². The number of halogens is 2. The maximum absolute atomic E-state index is 13.1. The summed E-state index contributed by atoms with van der Waals surface area (Å²) in [7, 11) is 0. The SMILES string of the molecule is O=C1c2cc(F)c(F)cc2C(=O)N1c1cn[nH]c1. The summed E-state index contributed by atoms with van der Waals surface area (Å²) in [6.07, 6.45) is 2.61. The molecule has 2 amide bonds. The van der Waals surface area contributed by atoms with Gasteiger partial charge in [-0.1, -0.05) is 0 Å². The maximum atomic E-state index is 13.1. The fraction of sp³-hybridized carbons (Fsp3) is 0. The van der Waals surface area contributed by atoms with Crippen molar-refractivity contribution in [1.29, 1.82) is 0 Å². The van der Waals surface area contributed by atoms with Crippen LogP contribution in [0.4, 0.5) is 14.5 Å². The van der Waals surface area contributed by atoms with Gasteiger partial charge in [0.1, 0.15) is 0 Å². The van der Waals surface area contributed by atoms with E-state index >= 15 is 0 Å². The largest absolute Gasteiger partial charge is 0.284 e. The smallest absolute Gasteiger partial charge is 0.266 e. The lowest BCUT2D eigenvalue weighted by atomic mass is 10.1. The monoisotopic (exact) mass is 249 g/mol. The van der Waals surface area contributed by atoms with Crippen LogP contribution in [0.3, 0.4) is 0 Å². The molecule has 1 aliphatic heterocycles. The Kier molecular flexibility index (Phi) is 2.03. The van der Waals surface area contributed by atoms with Crippen LogP contribution in [0.2, 0.25) is 0 Å². The predicted octanol–water partition coefficient (Wildman–Crippen LogP) is 1.49. The standard InChI is InChI=1S/C11H5F2N3O2/c12-8-1-6-7(2-9(8)13)11(18)16(10(6)17)5-3-14-15-4-5/h1-4H,(H,14,15). The van der Waals surface area contributed by atoms with E-state index in [4.69, 9.17) is 0 Å². The molecule has 7 heteroatoms. The molecular formula is C11H5F2N3O2. The first kappa shape index (κ1) is 10.6. The van der Waals surface area contributed by atoms with Crippen molar-refractivity contribution < 1.29 is 18.4 Å². The number of benzene rings is 1. The molecule has 5 nitrogen and oxygen atoms in total. The molecule has 0 saturated carbocycles. The number of H-pyrrole nitrogens is 1. The first-order chi connectivity index (χ1) is 8.59. The van der Waals surface area contributed by atoms with Gasteiger partial charge in [0.05, 0.1) is 23.0 Å². The van der Waals surface area contributed by atoms with Gasteiger partial charge in [-0.25, -0.2) is 13.7 Å². The van der Waals surface area contributed by atoms with Crippen LogP contribution in [0.5, 0.6) is 0 Å². The predicted molar refractivity (Wildman–Crippen MR) is 56.1 cm³/mol. The number of nitrogens with zero attached hydrogens (tertiary/aromatic N) is 2. The van der Waals surface area contributed by atoms with Crippen LogP contribution in [-0.2, 0) is 0 Å². The third-order valence-corrected chi connectivity index (χ3v) is 2.67. The molecule has 3 rings (SSSR count). The van der Waals surface area contributed by atoms with Gasteiger partial charge in [0.2, 0.25) is 0 Å². The van der Waals surface area contributed by atoms with Crippen molar-refractivity contribution in [2.24, 2.45) is 0 Å². The van der Waals surface area contributed by atoms with Crippen LogP contribution < -0.4 is 4.90 Å². The summed E-state index contributed by atoms with van der Waals surface area (Å²) in [5.41, 5.74) is -0.0813. The molecule has 1 aromatic carbocycles. The zero-order valence-corrected chi connectivity index (χ0v) is 8.78. The van der Waals surface area contributed by atoms with Crippen molar-refractivity contribution in [2.45, 2.75) is 0 Å². The Hall–Kier alpha value is -2.57. The first-order valence-corrected chi connectivity index (χ1v) is 4.96. The summed E-state index contributed by atoms with van der Waals surface area (Å²) >= 11 is 0. The highest BCUT2D eigenvalue weighted by molar-refractivity contribution is 6.34. The van der Waals surface area contributed by atoms with Crippen molar-refractivity contribution in [3.63, 3.8) is 0 Å². The highest BCUT2D eigenvalue weighted by atomic mass is 19.2. The number of carbonyl (C=O) groups is 2. The van der Waals surface area contributed by atoms with Gasteiger partial charge in [0.15, 0.2) is 11.6 Å². The van der Waals surface area contributed by atoms with Crippen LogP contribution in [0.25, 0.3) is 0 Å². The van der Waals surface area contributed by atoms with Crippen LogP contribution >= 0.6 is 0 Å². The fourth-order valence-corrected chi connectivity index (χ4v) is 1.83. The van der Waals surface area contributed by atoms with Crippen LogP contribution in [0.15, 0.2) is 24.5 Å². The third-order valence-electron chi connectivity index (χ3n) is 2.67. The molecular weight excluding hydrogens is 244 g/mol. The Morgan fingerprint density at radius 2 is 1.61 bits per heavy atom. The number of nitrogens with one attached hydrogen (secondary N) is 1. The van der Waals surface area contributed by atoms with Gasteiger partial charge < -0.3 is 0 Å². The molecule has 0 unspecified atom stereocenters. The number of hydrogen-bond acceptors (Lipinski definition) is 3. The molecule has 90 valence electrons. The average Bonchev–Trinajstić information content (AvgIpc) is 2.91. The lowest BCUT2D eigenvalue weighted by Crippen LogP contribution is -2.28. The topological polar surface area (TPSA) is 66.1 Å². The van der Waals surface area contributed by atoms with Gasteiger partial charge in [0, 0.05) is 6.20 Å². The average molecular weight is 249 g/mol. The normalized spacial score (nSPS) is 14.2. The van der Waals surface area contributed by atoms with Gasteiger partial charge in [-0.3, -0.25) is 14.7 Å². The fourth-order valence-electron chi connectivity index (χ4n) is 1.83. The Morgan fingerprint density at radius 1 is 1.06 bits per heavy atom. The maximum Gasteiger partial charge on any atom is 0.266 e. The molecule has 0 atom stereocenters. The highest BCUT2D eigenvalue weighted by Gasteiger charge is 2.38. The molecule has 0 saturated heterocycles. The summed E-state index contributed by atoms with van der Waals surface area (Å²) in [5.74, 6) is -3.72. The molecule has 0 fully saturated rings. The number of amides is 2. The quantitative estimate of drug-likeness (QED) is 0.778. The minimum atomic E-state index is -1.16.